The minimum atomic E-state index is -4.42. The number of pyridine rings is 1. The molecule has 5 nitrogen and oxygen atoms in total. The number of rotatable bonds is 5. The highest BCUT2D eigenvalue weighted by molar-refractivity contribution is 5.66. The molecule has 0 amide bonds. The first-order chi connectivity index (χ1) is 9.38. The molecule has 0 unspecified atom stereocenters. The van der Waals surface area contributed by atoms with Gasteiger partial charge in [0.1, 0.15) is 5.82 Å². The molecule has 2 rings (SSSR count). The quantitative estimate of drug-likeness (QED) is 0.858. The maximum Gasteiger partial charge on any atom is 0.417 e. The van der Waals surface area contributed by atoms with Crippen LogP contribution in [0.25, 0.3) is 5.65 Å². The average molecular weight is 287 g/mol. The van der Waals surface area contributed by atoms with Crippen LogP contribution in [0.5, 0.6) is 0 Å². The Morgan fingerprint density at radius 2 is 2.00 bits per heavy atom. The first-order valence-corrected chi connectivity index (χ1v) is 6.00. The van der Waals surface area contributed by atoms with Crippen LogP contribution in [0, 0.1) is 0 Å². The fourth-order valence-electron chi connectivity index (χ4n) is 1.84. The first-order valence-electron chi connectivity index (χ1n) is 6.00. The highest BCUT2D eigenvalue weighted by Crippen LogP contribution is 2.29. The number of unbranched alkanes of at least 4 members (excludes halogenated alkanes) is 1. The van der Waals surface area contributed by atoms with E-state index >= 15 is 0 Å². The van der Waals surface area contributed by atoms with Crippen LogP contribution in [-0.4, -0.2) is 25.7 Å². The molecule has 0 saturated carbocycles. The number of aromatic nitrogens is 3. The predicted octanol–water partition coefficient (Wildman–Crippen LogP) is 2.55. The summed E-state index contributed by atoms with van der Waals surface area (Å²) in [5.74, 6) is -0.494. The molecule has 0 aliphatic carbocycles. The molecule has 0 radical (unpaired) electrons. The zero-order valence-electron chi connectivity index (χ0n) is 10.4. The van der Waals surface area contributed by atoms with E-state index in [2.05, 4.69) is 10.2 Å². The van der Waals surface area contributed by atoms with Gasteiger partial charge in [0.05, 0.1) is 5.56 Å². The van der Waals surface area contributed by atoms with E-state index in [0.29, 0.717) is 30.7 Å². The lowest BCUT2D eigenvalue weighted by atomic mass is 10.2. The van der Waals surface area contributed by atoms with E-state index in [9.17, 15) is 18.0 Å². The van der Waals surface area contributed by atoms with E-state index in [1.165, 1.54) is 10.5 Å². The molecule has 0 saturated heterocycles. The van der Waals surface area contributed by atoms with Gasteiger partial charge in [0.15, 0.2) is 5.65 Å². The van der Waals surface area contributed by atoms with Crippen LogP contribution in [0.1, 0.15) is 30.7 Å². The van der Waals surface area contributed by atoms with Crippen LogP contribution >= 0.6 is 0 Å². The lowest BCUT2D eigenvalue weighted by molar-refractivity contribution is -0.138. The zero-order chi connectivity index (χ0) is 14.8. The summed E-state index contributed by atoms with van der Waals surface area (Å²) in [5, 5.41) is 16.1. The molecular weight excluding hydrogens is 275 g/mol. The maximum absolute atomic E-state index is 12.6. The number of fused-ring (bicyclic) bond motifs is 1. The van der Waals surface area contributed by atoms with Gasteiger partial charge in [0, 0.05) is 19.0 Å². The summed E-state index contributed by atoms with van der Waals surface area (Å²) in [6.07, 6.45) is -2.06. The molecule has 2 aromatic rings. The van der Waals surface area contributed by atoms with Crippen LogP contribution in [0.4, 0.5) is 13.2 Å². The number of hydrogen-bond acceptors (Lipinski definition) is 3. The summed E-state index contributed by atoms with van der Waals surface area (Å²) >= 11 is 0. The van der Waals surface area contributed by atoms with Crippen molar-refractivity contribution in [2.75, 3.05) is 0 Å². The molecule has 8 heteroatoms. The number of nitrogens with zero attached hydrogens (tertiary/aromatic N) is 3. The van der Waals surface area contributed by atoms with E-state index in [-0.39, 0.29) is 6.42 Å². The van der Waals surface area contributed by atoms with Crippen LogP contribution < -0.4 is 0 Å². The molecule has 2 aromatic heterocycles. The van der Waals surface area contributed by atoms with Crippen molar-refractivity contribution in [1.29, 1.82) is 0 Å². The Labute approximate surface area is 112 Å². The molecule has 2 heterocycles. The molecule has 1 N–H and O–H groups in total. The van der Waals surface area contributed by atoms with E-state index < -0.39 is 17.7 Å². The first kappa shape index (κ1) is 14.3. The second-order valence-electron chi connectivity index (χ2n) is 4.36. The van der Waals surface area contributed by atoms with Crippen molar-refractivity contribution >= 4 is 11.6 Å². The largest absolute Gasteiger partial charge is 0.481 e. The molecule has 0 aliphatic rings. The van der Waals surface area contributed by atoms with Crippen LogP contribution in [0.3, 0.4) is 0 Å². The van der Waals surface area contributed by atoms with Crippen LogP contribution in [-0.2, 0) is 17.4 Å². The summed E-state index contributed by atoms with van der Waals surface area (Å²) in [6, 6.07) is 2.22. The third-order valence-electron chi connectivity index (χ3n) is 2.84. The summed E-state index contributed by atoms with van der Waals surface area (Å²) in [4.78, 5) is 10.4. The number of carboxylic acids is 1. The lowest BCUT2D eigenvalue weighted by Crippen LogP contribution is -2.07. The minimum absolute atomic E-state index is 0.0323. The summed E-state index contributed by atoms with van der Waals surface area (Å²) < 4.78 is 39.2. The Morgan fingerprint density at radius 1 is 1.25 bits per heavy atom. The molecular formula is C12H12F3N3O2. The maximum atomic E-state index is 12.6. The molecule has 0 spiro atoms. The Kier molecular flexibility index (Phi) is 3.91. The molecule has 20 heavy (non-hydrogen) atoms. The smallest absolute Gasteiger partial charge is 0.417 e. The van der Waals surface area contributed by atoms with Gasteiger partial charge in [-0.25, -0.2) is 0 Å². The van der Waals surface area contributed by atoms with Gasteiger partial charge in [-0.1, -0.05) is 0 Å². The Morgan fingerprint density at radius 3 is 2.65 bits per heavy atom. The van der Waals surface area contributed by atoms with Crippen molar-refractivity contribution in [3.05, 3.63) is 29.7 Å². The highest BCUT2D eigenvalue weighted by atomic mass is 19.4. The highest BCUT2D eigenvalue weighted by Gasteiger charge is 2.31. The topological polar surface area (TPSA) is 67.5 Å². The molecule has 0 bridgehead atoms. The van der Waals surface area contributed by atoms with Crippen molar-refractivity contribution in [1.82, 2.24) is 14.6 Å². The normalized spacial score (nSPS) is 11.9. The minimum Gasteiger partial charge on any atom is -0.481 e. The van der Waals surface area contributed by atoms with Gasteiger partial charge in [-0.3, -0.25) is 9.20 Å². The third kappa shape index (κ3) is 3.25. The predicted molar refractivity (Wildman–Crippen MR) is 63.2 cm³/mol. The molecule has 0 aliphatic heterocycles. The van der Waals surface area contributed by atoms with Crippen molar-refractivity contribution in [2.45, 2.75) is 31.9 Å². The molecule has 0 atom stereocenters. The van der Waals surface area contributed by atoms with Gasteiger partial charge >= 0.3 is 12.1 Å². The average Bonchev–Trinajstić information content (AvgIpc) is 2.76. The third-order valence-corrected chi connectivity index (χ3v) is 2.84. The van der Waals surface area contributed by atoms with E-state index in [0.717, 1.165) is 12.3 Å². The SMILES string of the molecule is O=C(O)CCCCc1nnc2ccc(C(F)(F)F)cn12. The van der Waals surface area contributed by atoms with Crippen LogP contribution in [0.15, 0.2) is 18.3 Å². The van der Waals surface area contributed by atoms with Crippen molar-refractivity contribution < 1.29 is 23.1 Å². The fraction of sp³-hybridized carbons (Fsp3) is 0.417. The monoisotopic (exact) mass is 287 g/mol. The number of carbonyl (C=O) groups is 1. The van der Waals surface area contributed by atoms with Gasteiger partial charge in [0.25, 0.3) is 0 Å². The van der Waals surface area contributed by atoms with Gasteiger partial charge < -0.3 is 5.11 Å². The van der Waals surface area contributed by atoms with E-state index in [1.54, 1.807) is 0 Å². The standard InChI is InChI=1S/C12H12F3N3O2/c13-12(14,15)8-5-6-10-17-16-9(18(10)7-8)3-1-2-4-11(19)20/h5-7H,1-4H2,(H,19,20). The van der Waals surface area contributed by atoms with Crippen molar-refractivity contribution in [3.8, 4) is 0 Å². The van der Waals surface area contributed by atoms with Crippen molar-refractivity contribution in [3.63, 3.8) is 0 Å². The Balaban J connectivity index is 2.15. The fourth-order valence-corrected chi connectivity index (χ4v) is 1.84. The number of alkyl halides is 3. The second kappa shape index (κ2) is 5.48. The number of carboxylic acid groups (broad SMARTS) is 1. The molecule has 0 aromatic carbocycles. The molecule has 108 valence electrons. The van der Waals surface area contributed by atoms with Gasteiger partial charge in [0.2, 0.25) is 0 Å². The van der Waals surface area contributed by atoms with Crippen molar-refractivity contribution in [2.24, 2.45) is 0 Å². The number of hydrogen-bond donors (Lipinski definition) is 1. The summed E-state index contributed by atoms with van der Waals surface area (Å²) in [5.41, 5.74) is -0.428. The number of halogens is 3. The van der Waals surface area contributed by atoms with Gasteiger partial charge in [-0.05, 0) is 25.0 Å². The zero-order valence-corrected chi connectivity index (χ0v) is 10.4. The number of aliphatic carboxylic acids is 1. The summed E-state index contributed by atoms with van der Waals surface area (Å²) in [7, 11) is 0. The number of aryl methyl sites for hydroxylation is 1. The second-order valence-corrected chi connectivity index (χ2v) is 4.36. The lowest BCUT2D eigenvalue weighted by Gasteiger charge is -2.07. The molecule has 0 fully saturated rings. The van der Waals surface area contributed by atoms with E-state index in [4.69, 9.17) is 5.11 Å². The van der Waals surface area contributed by atoms with Crippen LogP contribution in [0.2, 0.25) is 0 Å². The Bertz CT molecular complexity index is 622. The van der Waals surface area contributed by atoms with Gasteiger partial charge in [-0.2, -0.15) is 13.2 Å². The van der Waals surface area contributed by atoms with E-state index in [1.807, 2.05) is 0 Å². The summed E-state index contributed by atoms with van der Waals surface area (Å²) in [6.45, 7) is 0. The Hall–Kier alpha value is -2.12. The van der Waals surface area contributed by atoms with Gasteiger partial charge in [-0.15, -0.1) is 10.2 Å².